The number of rotatable bonds is 6. The number of hydrogen-bond donors (Lipinski definition) is 0. The number of likely N-dealkylation sites (tertiary alicyclic amines) is 1. The maximum Gasteiger partial charge on any atom is 0.316 e. The van der Waals surface area contributed by atoms with E-state index in [1.165, 1.54) is 11.3 Å². The molecule has 0 N–H and O–H groups in total. The number of ether oxygens (including phenoxy) is 1. The van der Waals surface area contributed by atoms with Crippen LogP contribution >= 0.6 is 0 Å². The van der Waals surface area contributed by atoms with E-state index in [0.717, 1.165) is 39.0 Å². The molecule has 1 saturated heterocycles. The van der Waals surface area contributed by atoms with Crippen LogP contribution in [-0.2, 0) is 13.1 Å². The lowest BCUT2D eigenvalue weighted by atomic mass is 10.1. The first-order chi connectivity index (χ1) is 12.9. The van der Waals surface area contributed by atoms with Gasteiger partial charge in [0.25, 0.3) is 0 Å². The largest absolute Gasteiger partial charge is 0.460 e. The first-order valence-corrected chi connectivity index (χ1v) is 9.06. The molecule has 0 unspecified atom stereocenters. The lowest BCUT2D eigenvalue weighted by Gasteiger charge is -2.31. The van der Waals surface area contributed by atoms with Gasteiger partial charge in [-0.25, -0.2) is 15.0 Å². The van der Waals surface area contributed by atoms with E-state index in [9.17, 15) is 0 Å². The van der Waals surface area contributed by atoms with Gasteiger partial charge >= 0.3 is 6.01 Å². The van der Waals surface area contributed by atoms with Gasteiger partial charge in [-0.15, -0.1) is 0 Å². The second-order valence-corrected chi connectivity index (χ2v) is 6.62. The summed E-state index contributed by atoms with van der Waals surface area (Å²) in [6.07, 6.45) is 9.50. The Morgan fingerprint density at radius 3 is 2.50 bits per heavy atom. The molecule has 0 saturated carbocycles. The molecule has 1 aliphatic rings. The molecule has 2 aromatic heterocycles. The summed E-state index contributed by atoms with van der Waals surface area (Å²) >= 11 is 0. The van der Waals surface area contributed by atoms with Gasteiger partial charge in [0.15, 0.2) is 0 Å². The van der Waals surface area contributed by atoms with Crippen LogP contribution in [0.5, 0.6) is 6.01 Å². The van der Waals surface area contributed by atoms with E-state index in [4.69, 9.17) is 4.74 Å². The minimum atomic E-state index is 0.197. The van der Waals surface area contributed by atoms with Gasteiger partial charge in [0.05, 0.1) is 12.0 Å². The zero-order chi connectivity index (χ0) is 17.6. The summed E-state index contributed by atoms with van der Waals surface area (Å²) in [6, 6.07) is 12.8. The summed E-state index contributed by atoms with van der Waals surface area (Å²) in [6.45, 7) is 3.80. The van der Waals surface area contributed by atoms with Crippen LogP contribution in [0.3, 0.4) is 0 Å². The van der Waals surface area contributed by atoms with Gasteiger partial charge in [-0.05, 0) is 24.5 Å². The van der Waals surface area contributed by atoms with Gasteiger partial charge in [0.2, 0.25) is 0 Å². The zero-order valence-corrected chi connectivity index (χ0v) is 14.7. The summed E-state index contributed by atoms with van der Waals surface area (Å²) in [5.74, 6) is 0. The van der Waals surface area contributed by atoms with Crippen LogP contribution in [0.15, 0.2) is 61.3 Å². The van der Waals surface area contributed by atoms with Gasteiger partial charge in [-0.1, -0.05) is 30.3 Å². The van der Waals surface area contributed by atoms with Gasteiger partial charge in [0, 0.05) is 44.8 Å². The minimum absolute atomic E-state index is 0.197. The first kappa shape index (κ1) is 16.7. The van der Waals surface area contributed by atoms with Crippen molar-refractivity contribution in [2.24, 2.45) is 0 Å². The van der Waals surface area contributed by atoms with E-state index in [1.54, 1.807) is 18.5 Å². The standard InChI is InChI=1S/C20H23N5O/c1-2-5-17(6-3-1)14-25-16-21-13-18(25)15-24-11-7-19(8-12-24)26-20-22-9-4-10-23-20/h1-6,9-10,13,16,19H,7-8,11-12,14-15H2. The molecule has 0 atom stereocenters. The molecule has 26 heavy (non-hydrogen) atoms. The molecule has 6 heteroatoms. The van der Waals surface area contributed by atoms with Gasteiger partial charge in [-0.3, -0.25) is 4.90 Å². The number of imidazole rings is 1. The predicted octanol–water partition coefficient (Wildman–Crippen LogP) is 2.76. The number of nitrogens with zero attached hydrogens (tertiary/aromatic N) is 5. The third-order valence-electron chi connectivity index (χ3n) is 4.73. The van der Waals surface area contributed by atoms with Crippen LogP contribution in [0.2, 0.25) is 0 Å². The molecule has 1 fully saturated rings. The van der Waals surface area contributed by atoms with E-state index in [-0.39, 0.29) is 6.10 Å². The Hall–Kier alpha value is -2.73. The van der Waals surface area contributed by atoms with Crippen molar-refractivity contribution in [2.75, 3.05) is 13.1 Å². The number of aromatic nitrogens is 4. The molecule has 0 spiro atoms. The van der Waals surface area contributed by atoms with Crippen LogP contribution < -0.4 is 4.74 Å². The topological polar surface area (TPSA) is 56.1 Å². The minimum Gasteiger partial charge on any atom is -0.460 e. The van der Waals surface area contributed by atoms with Crippen LogP contribution in [0.25, 0.3) is 0 Å². The Kier molecular flexibility index (Phi) is 5.21. The molecule has 3 aromatic rings. The Balaban J connectivity index is 1.30. The number of piperidine rings is 1. The van der Waals surface area contributed by atoms with Crippen molar-refractivity contribution in [2.45, 2.75) is 32.0 Å². The van der Waals surface area contributed by atoms with Crippen molar-refractivity contribution in [3.05, 3.63) is 72.6 Å². The van der Waals surface area contributed by atoms with E-state index >= 15 is 0 Å². The average Bonchev–Trinajstić information content (AvgIpc) is 3.12. The Morgan fingerprint density at radius 2 is 1.73 bits per heavy atom. The molecule has 0 aliphatic carbocycles. The molecule has 1 aromatic carbocycles. The Morgan fingerprint density at radius 1 is 0.962 bits per heavy atom. The summed E-state index contributed by atoms with van der Waals surface area (Å²) in [5, 5.41) is 0. The van der Waals surface area contributed by atoms with Crippen molar-refractivity contribution in [1.82, 2.24) is 24.4 Å². The molecule has 134 valence electrons. The van der Waals surface area contributed by atoms with Gasteiger partial charge < -0.3 is 9.30 Å². The monoisotopic (exact) mass is 349 g/mol. The van der Waals surface area contributed by atoms with Crippen molar-refractivity contribution >= 4 is 0 Å². The molecule has 3 heterocycles. The highest BCUT2D eigenvalue weighted by Gasteiger charge is 2.22. The first-order valence-electron chi connectivity index (χ1n) is 9.06. The van der Waals surface area contributed by atoms with E-state index < -0.39 is 0 Å². The van der Waals surface area contributed by atoms with Crippen LogP contribution in [0.1, 0.15) is 24.1 Å². The molecule has 1 aliphatic heterocycles. The lowest BCUT2D eigenvalue weighted by Crippen LogP contribution is -2.38. The average molecular weight is 349 g/mol. The van der Waals surface area contributed by atoms with Crippen molar-refractivity contribution in [1.29, 1.82) is 0 Å². The number of hydrogen-bond acceptors (Lipinski definition) is 5. The molecule has 0 bridgehead atoms. The Bertz CT molecular complexity index is 797. The highest BCUT2D eigenvalue weighted by molar-refractivity contribution is 5.16. The molecule has 6 nitrogen and oxygen atoms in total. The van der Waals surface area contributed by atoms with Crippen LogP contribution in [0.4, 0.5) is 0 Å². The van der Waals surface area contributed by atoms with E-state index in [0.29, 0.717) is 6.01 Å². The molecular weight excluding hydrogens is 326 g/mol. The summed E-state index contributed by atoms with van der Waals surface area (Å²) in [7, 11) is 0. The second-order valence-electron chi connectivity index (χ2n) is 6.62. The normalized spacial score (nSPS) is 15.8. The maximum absolute atomic E-state index is 5.88. The highest BCUT2D eigenvalue weighted by Crippen LogP contribution is 2.18. The maximum atomic E-state index is 5.88. The predicted molar refractivity (Wildman–Crippen MR) is 98.7 cm³/mol. The highest BCUT2D eigenvalue weighted by atomic mass is 16.5. The number of benzene rings is 1. The summed E-state index contributed by atoms with van der Waals surface area (Å²) in [4.78, 5) is 15.1. The van der Waals surface area contributed by atoms with Crippen molar-refractivity contribution in [3.63, 3.8) is 0 Å². The molecular formula is C20H23N5O. The molecule has 0 amide bonds. The fourth-order valence-electron chi connectivity index (χ4n) is 3.31. The molecule has 0 radical (unpaired) electrons. The van der Waals surface area contributed by atoms with Crippen molar-refractivity contribution < 1.29 is 4.74 Å². The summed E-state index contributed by atoms with van der Waals surface area (Å²) in [5.41, 5.74) is 2.54. The lowest BCUT2D eigenvalue weighted by molar-refractivity contribution is 0.0881. The zero-order valence-electron chi connectivity index (χ0n) is 14.7. The third-order valence-corrected chi connectivity index (χ3v) is 4.73. The van der Waals surface area contributed by atoms with Gasteiger partial charge in [-0.2, -0.15) is 0 Å². The third kappa shape index (κ3) is 4.26. The van der Waals surface area contributed by atoms with Crippen LogP contribution in [-0.4, -0.2) is 43.6 Å². The van der Waals surface area contributed by atoms with E-state index in [2.05, 4.69) is 48.7 Å². The Labute approximate surface area is 153 Å². The fourth-order valence-corrected chi connectivity index (χ4v) is 3.31. The summed E-state index contributed by atoms with van der Waals surface area (Å²) < 4.78 is 8.11. The van der Waals surface area contributed by atoms with Gasteiger partial charge in [0.1, 0.15) is 6.10 Å². The van der Waals surface area contributed by atoms with E-state index in [1.807, 2.05) is 18.6 Å². The second kappa shape index (κ2) is 8.10. The quantitative estimate of drug-likeness (QED) is 0.685. The SMILES string of the molecule is c1ccc(Cn2cncc2CN2CCC(Oc3ncccn3)CC2)cc1. The molecule has 4 rings (SSSR count). The van der Waals surface area contributed by atoms with Crippen LogP contribution in [0, 0.1) is 0 Å². The van der Waals surface area contributed by atoms with Crippen molar-refractivity contribution in [3.8, 4) is 6.01 Å². The smallest absolute Gasteiger partial charge is 0.316 e. The fraction of sp³-hybridized carbons (Fsp3) is 0.350.